The van der Waals surface area contributed by atoms with Crippen LogP contribution in [0.2, 0.25) is 5.02 Å². The lowest BCUT2D eigenvalue weighted by Gasteiger charge is -2.51. The van der Waals surface area contributed by atoms with Gasteiger partial charge in [0, 0.05) is 35.1 Å². The van der Waals surface area contributed by atoms with Gasteiger partial charge in [0.1, 0.15) is 5.82 Å². The van der Waals surface area contributed by atoms with E-state index in [1.54, 1.807) is 12.1 Å². The summed E-state index contributed by atoms with van der Waals surface area (Å²) in [4.78, 5) is 0. The molecule has 1 N–H and O–H groups in total. The fraction of sp³-hybridized carbons (Fsp3) is 0.429. The van der Waals surface area contributed by atoms with Crippen molar-refractivity contribution in [1.29, 1.82) is 0 Å². The van der Waals surface area contributed by atoms with E-state index >= 15 is 0 Å². The summed E-state index contributed by atoms with van der Waals surface area (Å²) in [5, 5.41) is 10.1. The maximum Gasteiger partial charge on any atom is 0.165 e. The normalized spacial score (nSPS) is 26.8. The summed E-state index contributed by atoms with van der Waals surface area (Å²) < 4.78 is 41.0. The predicted octanol–water partition coefficient (Wildman–Crippen LogP) is 4.28. The molecule has 0 radical (unpaired) electrons. The van der Waals surface area contributed by atoms with Crippen molar-refractivity contribution in [3.63, 3.8) is 0 Å². The lowest BCUT2D eigenvalue weighted by atomic mass is 9.60. The summed E-state index contributed by atoms with van der Waals surface area (Å²) in [6, 6.07) is 9.70. The van der Waals surface area contributed by atoms with Gasteiger partial charge >= 0.3 is 0 Å². The lowest BCUT2D eigenvalue weighted by Crippen LogP contribution is -2.55. The lowest BCUT2D eigenvalue weighted by molar-refractivity contribution is -0.103. The van der Waals surface area contributed by atoms with E-state index in [0.29, 0.717) is 36.5 Å². The summed E-state index contributed by atoms with van der Waals surface area (Å²) in [6.07, 6.45) is 1.24. The SMILES string of the molecule is OCC[C@H]1OCC[C@]2(Cc3ccc(Cl)cc3)c3c(F)ccc(F)c3OC[C@H]12. The first-order valence-electron chi connectivity index (χ1n) is 9.13. The first-order chi connectivity index (χ1) is 13.0. The molecule has 0 amide bonds. The van der Waals surface area contributed by atoms with Crippen LogP contribution in [0.25, 0.3) is 0 Å². The number of hydrogen-bond acceptors (Lipinski definition) is 3. The van der Waals surface area contributed by atoms with Gasteiger partial charge in [0.15, 0.2) is 11.6 Å². The minimum absolute atomic E-state index is 0.00450. The molecule has 0 aromatic heterocycles. The number of rotatable bonds is 4. The van der Waals surface area contributed by atoms with E-state index < -0.39 is 17.0 Å². The van der Waals surface area contributed by atoms with Gasteiger partial charge in [0.25, 0.3) is 0 Å². The van der Waals surface area contributed by atoms with Crippen molar-refractivity contribution in [2.75, 3.05) is 19.8 Å². The smallest absolute Gasteiger partial charge is 0.165 e. The van der Waals surface area contributed by atoms with Crippen molar-refractivity contribution in [3.05, 3.63) is 64.2 Å². The van der Waals surface area contributed by atoms with Gasteiger partial charge in [-0.2, -0.15) is 0 Å². The van der Waals surface area contributed by atoms with E-state index in [9.17, 15) is 13.9 Å². The van der Waals surface area contributed by atoms with Crippen LogP contribution in [-0.4, -0.2) is 31.0 Å². The Morgan fingerprint density at radius 3 is 2.59 bits per heavy atom. The Morgan fingerprint density at radius 1 is 1.11 bits per heavy atom. The van der Waals surface area contributed by atoms with Gasteiger partial charge in [0.05, 0.1) is 12.7 Å². The van der Waals surface area contributed by atoms with Crippen LogP contribution in [0.1, 0.15) is 24.0 Å². The molecule has 27 heavy (non-hydrogen) atoms. The van der Waals surface area contributed by atoms with Gasteiger partial charge in [-0.3, -0.25) is 0 Å². The molecule has 1 fully saturated rings. The van der Waals surface area contributed by atoms with Gasteiger partial charge in [-0.15, -0.1) is 0 Å². The molecule has 2 heterocycles. The Morgan fingerprint density at radius 2 is 1.85 bits per heavy atom. The highest BCUT2D eigenvalue weighted by atomic mass is 35.5. The number of hydrogen-bond donors (Lipinski definition) is 1. The first kappa shape index (κ1) is 18.7. The Bertz CT molecular complexity index is 825. The molecule has 1 saturated heterocycles. The molecule has 6 heteroatoms. The summed E-state index contributed by atoms with van der Waals surface area (Å²) in [7, 11) is 0. The molecule has 0 bridgehead atoms. The molecule has 0 unspecified atom stereocenters. The molecule has 0 saturated carbocycles. The number of halogens is 3. The number of benzene rings is 2. The summed E-state index contributed by atoms with van der Waals surface area (Å²) >= 11 is 6.00. The average molecular weight is 395 g/mol. The third kappa shape index (κ3) is 3.22. The standard InChI is InChI=1S/C21H21ClF2O3/c22-14-3-1-13(2-4-14)11-21-8-10-26-18(7-9-25)15(21)12-27-20-17(24)6-5-16(23)19(20)21/h1-6,15,18,25H,7-12H2/t15-,18-,21-/m1/s1. The molecular weight excluding hydrogens is 374 g/mol. The van der Waals surface area contributed by atoms with E-state index in [2.05, 4.69) is 0 Å². The first-order valence-corrected chi connectivity index (χ1v) is 9.51. The van der Waals surface area contributed by atoms with E-state index in [0.717, 1.165) is 11.6 Å². The van der Waals surface area contributed by atoms with Gasteiger partial charge in [-0.1, -0.05) is 23.7 Å². The highest BCUT2D eigenvalue weighted by molar-refractivity contribution is 6.30. The van der Waals surface area contributed by atoms with Gasteiger partial charge in [-0.25, -0.2) is 8.78 Å². The zero-order valence-electron chi connectivity index (χ0n) is 14.8. The van der Waals surface area contributed by atoms with E-state index in [4.69, 9.17) is 21.1 Å². The van der Waals surface area contributed by atoms with Crippen molar-refractivity contribution in [2.45, 2.75) is 30.8 Å². The molecule has 144 valence electrons. The summed E-state index contributed by atoms with van der Waals surface area (Å²) in [5.74, 6) is -1.19. The summed E-state index contributed by atoms with van der Waals surface area (Å²) in [6.45, 7) is 0.618. The van der Waals surface area contributed by atoms with E-state index in [-0.39, 0.29) is 31.0 Å². The monoisotopic (exact) mass is 394 g/mol. The number of fused-ring (bicyclic) bond motifs is 3. The largest absolute Gasteiger partial charge is 0.490 e. The fourth-order valence-corrected chi connectivity index (χ4v) is 4.75. The Hall–Kier alpha value is -1.69. The topological polar surface area (TPSA) is 38.7 Å². The second kappa shape index (κ2) is 7.38. The van der Waals surface area contributed by atoms with Crippen molar-refractivity contribution in [2.24, 2.45) is 5.92 Å². The van der Waals surface area contributed by atoms with Crippen LogP contribution in [-0.2, 0) is 16.6 Å². The highest BCUT2D eigenvalue weighted by Gasteiger charge is 2.53. The van der Waals surface area contributed by atoms with Gasteiger partial charge in [0.2, 0.25) is 0 Å². The molecule has 2 aromatic rings. The molecule has 3 atom stereocenters. The molecule has 0 spiro atoms. The van der Waals surface area contributed by atoms with Crippen LogP contribution in [0.4, 0.5) is 8.78 Å². The summed E-state index contributed by atoms with van der Waals surface area (Å²) in [5.41, 5.74) is 0.622. The zero-order chi connectivity index (χ0) is 19.0. The maximum atomic E-state index is 15.0. The van der Waals surface area contributed by atoms with Gasteiger partial charge < -0.3 is 14.6 Å². The second-order valence-corrected chi connectivity index (χ2v) is 7.72. The van der Waals surface area contributed by atoms with Crippen molar-refractivity contribution >= 4 is 11.6 Å². The number of ether oxygens (including phenoxy) is 2. The van der Waals surface area contributed by atoms with Crippen LogP contribution in [0.3, 0.4) is 0 Å². The molecule has 2 aliphatic rings. The van der Waals surface area contributed by atoms with Crippen LogP contribution >= 0.6 is 11.6 Å². The van der Waals surface area contributed by atoms with Crippen molar-refractivity contribution in [3.8, 4) is 5.75 Å². The van der Waals surface area contributed by atoms with Crippen LogP contribution < -0.4 is 4.74 Å². The third-order valence-electron chi connectivity index (χ3n) is 5.85. The van der Waals surface area contributed by atoms with Crippen molar-refractivity contribution in [1.82, 2.24) is 0 Å². The number of aliphatic hydroxyl groups is 1. The predicted molar refractivity (Wildman–Crippen MR) is 98.2 cm³/mol. The average Bonchev–Trinajstić information content (AvgIpc) is 2.66. The van der Waals surface area contributed by atoms with E-state index in [1.807, 2.05) is 12.1 Å². The van der Waals surface area contributed by atoms with Crippen LogP contribution in [0.5, 0.6) is 5.75 Å². The minimum atomic E-state index is -0.661. The molecule has 0 aliphatic carbocycles. The van der Waals surface area contributed by atoms with Crippen LogP contribution in [0, 0.1) is 17.6 Å². The van der Waals surface area contributed by atoms with Gasteiger partial charge in [-0.05, 0) is 49.1 Å². The van der Waals surface area contributed by atoms with E-state index in [1.165, 1.54) is 6.07 Å². The molecular formula is C21H21ClF2O3. The second-order valence-electron chi connectivity index (χ2n) is 7.28. The highest BCUT2D eigenvalue weighted by Crippen LogP contribution is 2.52. The fourth-order valence-electron chi connectivity index (χ4n) is 4.62. The van der Waals surface area contributed by atoms with Crippen LogP contribution in [0.15, 0.2) is 36.4 Å². The Balaban J connectivity index is 1.86. The zero-order valence-corrected chi connectivity index (χ0v) is 15.5. The number of aliphatic hydroxyl groups excluding tert-OH is 1. The molecule has 2 aliphatic heterocycles. The quantitative estimate of drug-likeness (QED) is 0.841. The Labute approximate surface area is 161 Å². The third-order valence-corrected chi connectivity index (χ3v) is 6.10. The molecule has 4 rings (SSSR count). The minimum Gasteiger partial charge on any atom is -0.490 e. The van der Waals surface area contributed by atoms with Crippen molar-refractivity contribution < 1.29 is 23.4 Å². The molecule has 3 nitrogen and oxygen atoms in total. The maximum absolute atomic E-state index is 15.0. The molecule has 2 aromatic carbocycles. The Kier molecular flexibility index (Phi) is 5.10.